The lowest BCUT2D eigenvalue weighted by atomic mass is 10.0. The maximum Gasteiger partial charge on any atom is 0.213 e. The number of aliphatic hydroxyl groups is 1. The smallest absolute Gasteiger partial charge is 0.213 e. The molecule has 2 atom stereocenters. The number of anilines is 1. The summed E-state index contributed by atoms with van der Waals surface area (Å²) in [5.74, 6) is 0.824. The summed E-state index contributed by atoms with van der Waals surface area (Å²) in [7, 11) is 3.19. The Bertz CT molecular complexity index is 718. The van der Waals surface area contributed by atoms with Crippen LogP contribution in [0.2, 0.25) is 0 Å². The van der Waals surface area contributed by atoms with E-state index in [0.29, 0.717) is 24.2 Å². The molecule has 1 amide bonds. The number of nitrogens with zero attached hydrogens (tertiary/aromatic N) is 1. The molecule has 0 aliphatic rings. The lowest BCUT2D eigenvalue weighted by Gasteiger charge is -2.19. The van der Waals surface area contributed by atoms with Gasteiger partial charge in [-0.3, -0.25) is 4.79 Å². The van der Waals surface area contributed by atoms with Crippen LogP contribution in [0.15, 0.2) is 42.5 Å². The quantitative estimate of drug-likeness (QED) is 0.599. The van der Waals surface area contributed by atoms with Crippen LogP contribution in [0.4, 0.5) is 5.69 Å². The van der Waals surface area contributed by atoms with Crippen molar-refractivity contribution in [3.63, 3.8) is 0 Å². The third-order valence-electron chi connectivity index (χ3n) is 4.28. The molecule has 6 nitrogen and oxygen atoms in total. The van der Waals surface area contributed by atoms with Gasteiger partial charge in [0.25, 0.3) is 0 Å². The summed E-state index contributed by atoms with van der Waals surface area (Å²) in [4.78, 5) is 12.2. The zero-order valence-corrected chi connectivity index (χ0v) is 15.3. The molecule has 0 aromatic heterocycles. The van der Waals surface area contributed by atoms with E-state index in [1.165, 1.54) is 16.5 Å². The van der Waals surface area contributed by atoms with Gasteiger partial charge in [-0.2, -0.15) is 0 Å². The van der Waals surface area contributed by atoms with Crippen LogP contribution >= 0.6 is 0 Å². The molecule has 0 bridgehead atoms. The van der Waals surface area contributed by atoms with Crippen LogP contribution in [0.3, 0.4) is 0 Å². The van der Waals surface area contributed by atoms with Crippen LogP contribution in [0.5, 0.6) is 11.5 Å². The summed E-state index contributed by atoms with van der Waals surface area (Å²) in [6.07, 6.45) is 0.693. The molecule has 0 heterocycles. The van der Waals surface area contributed by atoms with Crippen LogP contribution < -0.4 is 15.0 Å². The Balaban J connectivity index is 1.92. The number of ether oxygens (including phenoxy) is 1. The highest BCUT2D eigenvalue weighted by molar-refractivity contribution is 5.78. The van der Waals surface area contributed by atoms with E-state index in [2.05, 4.69) is 12.2 Å². The number of benzene rings is 2. The molecular formula is C20H26N2O4. The molecule has 0 saturated carbocycles. The van der Waals surface area contributed by atoms with E-state index in [1.807, 2.05) is 24.3 Å². The van der Waals surface area contributed by atoms with Crippen LogP contribution in [0.25, 0.3) is 0 Å². The van der Waals surface area contributed by atoms with E-state index < -0.39 is 6.10 Å². The van der Waals surface area contributed by atoms with Crippen LogP contribution in [-0.4, -0.2) is 43.4 Å². The van der Waals surface area contributed by atoms with Crippen molar-refractivity contribution < 1.29 is 19.7 Å². The van der Waals surface area contributed by atoms with Gasteiger partial charge < -0.3 is 25.2 Å². The first-order chi connectivity index (χ1) is 12.4. The third kappa shape index (κ3) is 5.21. The highest BCUT2D eigenvalue weighted by Crippen LogP contribution is 2.29. The topological polar surface area (TPSA) is 82.0 Å². The maximum absolute atomic E-state index is 10.9. The van der Waals surface area contributed by atoms with Gasteiger partial charge in [0.2, 0.25) is 6.41 Å². The van der Waals surface area contributed by atoms with Crippen LogP contribution in [0.1, 0.15) is 24.2 Å². The number of nitrogens with one attached hydrogen (secondary N) is 1. The van der Waals surface area contributed by atoms with Crippen LogP contribution in [0, 0.1) is 0 Å². The Kier molecular flexibility index (Phi) is 7.00. The summed E-state index contributed by atoms with van der Waals surface area (Å²) in [6, 6.07) is 12.8. The number of amides is 1. The minimum Gasteiger partial charge on any atom is -0.506 e. The molecule has 0 aliphatic carbocycles. The lowest BCUT2D eigenvalue weighted by Crippen LogP contribution is -2.32. The normalized spacial score (nSPS) is 13.1. The fraction of sp³-hybridized carbons (Fsp3) is 0.350. The number of hydrogen-bond donors (Lipinski definition) is 3. The molecular weight excluding hydrogens is 332 g/mol. The van der Waals surface area contributed by atoms with Crippen molar-refractivity contribution in [1.29, 1.82) is 0 Å². The van der Waals surface area contributed by atoms with Crippen LogP contribution in [-0.2, 0) is 11.2 Å². The van der Waals surface area contributed by atoms with Gasteiger partial charge in [0.05, 0.1) is 18.9 Å². The molecule has 26 heavy (non-hydrogen) atoms. The number of carbonyl (C=O) groups is 1. The fourth-order valence-electron chi connectivity index (χ4n) is 2.71. The average molecular weight is 358 g/mol. The summed E-state index contributed by atoms with van der Waals surface area (Å²) in [5.41, 5.74) is 2.18. The zero-order valence-electron chi connectivity index (χ0n) is 15.3. The third-order valence-corrected chi connectivity index (χ3v) is 4.28. The van der Waals surface area contributed by atoms with Crippen molar-refractivity contribution in [2.45, 2.75) is 25.5 Å². The molecule has 140 valence electrons. The number of phenols is 1. The monoisotopic (exact) mass is 358 g/mol. The molecule has 2 unspecified atom stereocenters. The Hall–Kier alpha value is -2.57. The van der Waals surface area contributed by atoms with Gasteiger partial charge in [-0.15, -0.1) is 0 Å². The fourth-order valence-corrected chi connectivity index (χ4v) is 2.71. The van der Waals surface area contributed by atoms with Gasteiger partial charge >= 0.3 is 0 Å². The first-order valence-corrected chi connectivity index (χ1v) is 8.50. The Morgan fingerprint density at radius 3 is 2.54 bits per heavy atom. The first-order valence-electron chi connectivity index (χ1n) is 8.50. The van der Waals surface area contributed by atoms with Crippen molar-refractivity contribution >= 4 is 12.1 Å². The summed E-state index contributed by atoms with van der Waals surface area (Å²) in [5, 5.41) is 23.5. The summed E-state index contributed by atoms with van der Waals surface area (Å²) >= 11 is 0. The first kappa shape index (κ1) is 19.8. The average Bonchev–Trinajstić information content (AvgIpc) is 2.66. The summed E-state index contributed by atoms with van der Waals surface area (Å²) < 4.78 is 5.15. The van der Waals surface area contributed by atoms with E-state index in [0.717, 1.165) is 12.2 Å². The highest BCUT2D eigenvalue weighted by atomic mass is 16.5. The van der Waals surface area contributed by atoms with Gasteiger partial charge in [-0.05, 0) is 48.7 Å². The number of aromatic hydroxyl groups is 1. The van der Waals surface area contributed by atoms with Crippen molar-refractivity contribution in [3.8, 4) is 11.5 Å². The Labute approximate surface area is 154 Å². The van der Waals surface area contributed by atoms with Gasteiger partial charge in [-0.1, -0.05) is 18.2 Å². The van der Waals surface area contributed by atoms with Gasteiger partial charge in [0.1, 0.15) is 11.5 Å². The SMILES string of the molecule is COc1ccc(CC(C)NCC(O)c2ccc(O)c(N(C)C=O)c2)cc1. The highest BCUT2D eigenvalue weighted by Gasteiger charge is 2.14. The van der Waals surface area contributed by atoms with Gasteiger partial charge in [-0.25, -0.2) is 0 Å². The lowest BCUT2D eigenvalue weighted by molar-refractivity contribution is -0.107. The van der Waals surface area contributed by atoms with Gasteiger partial charge in [0.15, 0.2) is 0 Å². The number of phenolic OH excluding ortho intramolecular Hbond substituents is 1. The van der Waals surface area contributed by atoms with E-state index in [-0.39, 0.29) is 11.8 Å². The van der Waals surface area contributed by atoms with Crippen molar-refractivity contribution in [3.05, 3.63) is 53.6 Å². The van der Waals surface area contributed by atoms with Gasteiger partial charge in [0, 0.05) is 19.6 Å². The van der Waals surface area contributed by atoms with Crippen molar-refractivity contribution in [1.82, 2.24) is 5.32 Å². The number of rotatable bonds is 9. The van der Waals surface area contributed by atoms with E-state index in [1.54, 1.807) is 26.3 Å². The predicted molar refractivity (Wildman–Crippen MR) is 102 cm³/mol. The molecule has 6 heteroatoms. The van der Waals surface area contributed by atoms with Crippen molar-refractivity contribution in [2.24, 2.45) is 0 Å². The molecule has 0 saturated heterocycles. The molecule has 0 fully saturated rings. The number of methoxy groups -OCH3 is 1. The zero-order chi connectivity index (χ0) is 19.1. The second-order valence-corrected chi connectivity index (χ2v) is 6.34. The maximum atomic E-state index is 10.9. The Morgan fingerprint density at radius 2 is 1.92 bits per heavy atom. The standard InChI is InChI=1S/C20H26N2O4/c1-14(10-15-4-7-17(26-3)8-5-15)21-12-20(25)16-6-9-19(24)18(11-16)22(2)13-23/h4-9,11,13-14,20-21,24-25H,10,12H2,1-3H3. The van der Waals surface area contributed by atoms with E-state index in [9.17, 15) is 15.0 Å². The molecule has 2 aromatic rings. The molecule has 0 aliphatic heterocycles. The Morgan fingerprint density at radius 1 is 1.23 bits per heavy atom. The van der Waals surface area contributed by atoms with E-state index in [4.69, 9.17) is 4.74 Å². The molecule has 0 radical (unpaired) electrons. The number of carbonyl (C=O) groups excluding carboxylic acids is 1. The minimum atomic E-state index is -0.743. The molecule has 0 spiro atoms. The second kappa shape index (κ2) is 9.22. The number of hydrogen-bond acceptors (Lipinski definition) is 5. The minimum absolute atomic E-state index is 0.00335. The van der Waals surface area contributed by atoms with E-state index >= 15 is 0 Å². The van der Waals surface area contributed by atoms with Crippen molar-refractivity contribution in [2.75, 3.05) is 25.6 Å². The predicted octanol–water partition coefficient (Wildman–Crippen LogP) is 2.25. The number of aliphatic hydroxyl groups excluding tert-OH is 1. The largest absolute Gasteiger partial charge is 0.506 e. The molecule has 3 N–H and O–H groups in total. The molecule has 2 aromatic carbocycles. The second-order valence-electron chi connectivity index (χ2n) is 6.34. The summed E-state index contributed by atoms with van der Waals surface area (Å²) in [6.45, 7) is 2.42. The molecule has 2 rings (SSSR count).